The number of carbonyl (C=O) groups excluding carboxylic acids is 1. The zero-order valence-corrected chi connectivity index (χ0v) is 12.5. The molecule has 0 atom stereocenters. The number of nitrogens with zero attached hydrogens (tertiary/aromatic N) is 1. The molecule has 1 fully saturated rings. The Morgan fingerprint density at radius 2 is 2.18 bits per heavy atom. The summed E-state index contributed by atoms with van der Waals surface area (Å²) in [5, 5.41) is 10.5. The molecule has 0 radical (unpaired) electrons. The summed E-state index contributed by atoms with van der Waals surface area (Å²) in [4.78, 5) is 24.5. The number of aromatic hydroxyl groups is 1. The molecule has 0 saturated heterocycles. The summed E-state index contributed by atoms with van der Waals surface area (Å²) in [6.07, 6.45) is 5.65. The van der Waals surface area contributed by atoms with Crippen LogP contribution < -0.4 is 5.56 Å². The van der Waals surface area contributed by atoms with E-state index in [1.54, 1.807) is 25.3 Å². The molecule has 0 amide bonds. The molecule has 5 heteroatoms. The molecule has 3 rings (SSSR count). The van der Waals surface area contributed by atoms with Gasteiger partial charge in [0.2, 0.25) is 0 Å². The number of aromatic nitrogens is 1. The van der Waals surface area contributed by atoms with E-state index >= 15 is 0 Å². The molecule has 1 N–H and O–H groups in total. The number of carbonyl (C=O) groups is 1. The Hall–Kier alpha value is -2.30. The largest absolute Gasteiger partial charge is 0.506 e. The Bertz CT molecular complexity index is 774. The maximum Gasteiger partial charge on any atom is 0.347 e. The van der Waals surface area contributed by atoms with Crippen molar-refractivity contribution >= 4 is 11.5 Å². The van der Waals surface area contributed by atoms with Crippen molar-refractivity contribution in [2.75, 3.05) is 6.61 Å². The third kappa shape index (κ3) is 2.58. The fourth-order valence-corrected chi connectivity index (χ4v) is 2.75. The summed E-state index contributed by atoms with van der Waals surface area (Å²) in [5.41, 5.74) is 0.493. The standard InChI is InChI=1S/C17H19NO4/c1-2-22-17(21)14-15(19)12(9-8-11-6-7-11)13-5-3-4-10-18(13)16(14)20/h3-5,10-11,19H,2,6-9H2,1H3. The fraction of sp³-hybridized carbons (Fsp3) is 0.412. The zero-order chi connectivity index (χ0) is 15.7. The SMILES string of the molecule is CCOC(=O)c1c(O)c(CCC2CC2)c2ccccn2c1=O. The number of hydrogen-bond donors (Lipinski definition) is 1. The van der Waals surface area contributed by atoms with E-state index < -0.39 is 11.5 Å². The van der Waals surface area contributed by atoms with Crippen molar-refractivity contribution in [1.29, 1.82) is 0 Å². The lowest BCUT2D eigenvalue weighted by Gasteiger charge is -2.13. The van der Waals surface area contributed by atoms with Crippen molar-refractivity contribution in [2.24, 2.45) is 5.92 Å². The molecule has 2 heterocycles. The van der Waals surface area contributed by atoms with E-state index in [1.165, 1.54) is 17.2 Å². The van der Waals surface area contributed by atoms with E-state index in [4.69, 9.17) is 4.74 Å². The highest BCUT2D eigenvalue weighted by molar-refractivity contribution is 5.93. The average molecular weight is 301 g/mol. The molecule has 0 aliphatic heterocycles. The third-order valence-corrected chi connectivity index (χ3v) is 4.10. The van der Waals surface area contributed by atoms with Crippen LogP contribution in [0.15, 0.2) is 29.2 Å². The first kappa shape index (κ1) is 14.6. The normalized spacial score (nSPS) is 14.2. The molecule has 5 nitrogen and oxygen atoms in total. The van der Waals surface area contributed by atoms with Crippen LogP contribution in [0.2, 0.25) is 0 Å². The van der Waals surface area contributed by atoms with E-state index in [0.717, 1.165) is 6.42 Å². The highest BCUT2D eigenvalue weighted by atomic mass is 16.5. The summed E-state index contributed by atoms with van der Waals surface area (Å²) in [5.74, 6) is -0.299. The lowest BCUT2D eigenvalue weighted by Crippen LogP contribution is -2.25. The Morgan fingerprint density at radius 1 is 1.41 bits per heavy atom. The van der Waals surface area contributed by atoms with Crippen LogP contribution in [0.1, 0.15) is 42.1 Å². The number of aryl methyl sites for hydroxylation is 1. The Balaban J connectivity index is 2.17. The number of pyridine rings is 2. The van der Waals surface area contributed by atoms with Crippen LogP contribution in [0, 0.1) is 5.92 Å². The molecule has 0 spiro atoms. The fourth-order valence-electron chi connectivity index (χ4n) is 2.75. The Labute approximate surface area is 128 Å². The number of fused-ring (bicyclic) bond motifs is 1. The first-order valence-corrected chi connectivity index (χ1v) is 7.65. The third-order valence-electron chi connectivity index (χ3n) is 4.10. The van der Waals surface area contributed by atoms with Gasteiger partial charge in [-0.2, -0.15) is 0 Å². The predicted octanol–water partition coefficient (Wildman–Crippen LogP) is 2.52. The van der Waals surface area contributed by atoms with Gasteiger partial charge in [0.05, 0.1) is 12.1 Å². The van der Waals surface area contributed by atoms with Gasteiger partial charge in [-0.25, -0.2) is 4.79 Å². The molecular weight excluding hydrogens is 282 g/mol. The van der Waals surface area contributed by atoms with Crippen molar-refractivity contribution in [2.45, 2.75) is 32.6 Å². The van der Waals surface area contributed by atoms with Gasteiger partial charge in [0.25, 0.3) is 5.56 Å². The summed E-state index contributed by atoms with van der Waals surface area (Å²) < 4.78 is 6.33. The molecule has 2 aromatic heterocycles. The van der Waals surface area contributed by atoms with Crippen molar-refractivity contribution in [1.82, 2.24) is 4.40 Å². The van der Waals surface area contributed by atoms with Gasteiger partial charge < -0.3 is 9.84 Å². The number of ether oxygens (including phenoxy) is 1. The van der Waals surface area contributed by atoms with Crippen molar-refractivity contribution in [3.8, 4) is 5.75 Å². The minimum absolute atomic E-state index is 0.159. The van der Waals surface area contributed by atoms with Gasteiger partial charge >= 0.3 is 5.97 Å². The maximum atomic E-state index is 12.5. The van der Waals surface area contributed by atoms with Crippen LogP contribution in [0.5, 0.6) is 5.75 Å². The van der Waals surface area contributed by atoms with Gasteiger partial charge in [0.1, 0.15) is 5.75 Å². The number of rotatable bonds is 5. The average Bonchev–Trinajstić information content (AvgIpc) is 3.32. The minimum atomic E-state index is -0.768. The zero-order valence-electron chi connectivity index (χ0n) is 12.5. The van der Waals surface area contributed by atoms with Crippen LogP contribution in [0.25, 0.3) is 5.52 Å². The van der Waals surface area contributed by atoms with E-state index in [-0.39, 0.29) is 17.9 Å². The van der Waals surface area contributed by atoms with Crippen LogP contribution >= 0.6 is 0 Å². The monoisotopic (exact) mass is 301 g/mol. The molecule has 116 valence electrons. The summed E-state index contributed by atoms with van der Waals surface area (Å²) in [7, 11) is 0. The number of hydrogen-bond acceptors (Lipinski definition) is 4. The number of esters is 1. The minimum Gasteiger partial charge on any atom is -0.506 e. The highest BCUT2D eigenvalue weighted by Gasteiger charge is 2.26. The molecule has 22 heavy (non-hydrogen) atoms. The van der Waals surface area contributed by atoms with Gasteiger partial charge in [-0.1, -0.05) is 18.9 Å². The Morgan fingerprint density at radius 3 is 2.86 bits per heavy atom. The maximum absolute atomic E-state index is 12.5. The molecule has 0 unspecified atom stereocenters. The van der Waals surface area contributed by atoms with Crippen molar-refractivity contribution in [3.63, 3.8) is 0 Å². The molecular formula is C17H19NO4. The summed E-state index contributed by atoms with van der Waals surface area (Å²) in [6.45, 7) is 1.83. The van der Waals surface area contributed by atoms with E-state index in [2.05, 4.69) is 0 Å². The first-order chi connectivity index (χ1) is 10.6. The van der Waals surface area contributed by atoms with Crippen molar-refractivity contribution < 1.29 is 14.6 Å². The van der Waals surface area contributed by atoms with Crippen LogP contribution in [-0.2, 0) is 11.2 Å². The van der Waals surface area contributed by atoms with Gasteiger partial charge in [-0.15, -0.1) is 0 Å². The van der Waals surface area contributed by atoms with Gasteiger partial charge in [0.15, 0.2) is 5.56 Å². The molecule has 0 bridgehead atoms. The van der Waals surface area contributed by atoms with Crippen LogP contribution in [0.3, 0.4) is 0 Å². The van der Waals surface area contributed by atoms with E-state index in [1.807, 2.05) is 6.07 Å². The van der Waals surface area contributed by atoms with Gasteiger partial charge in [-0.3, -0.25) is 9.20 Å². The lowest BCUT2D eigenvalue weighted by molar-refractivity contribution is 0.0520. The Kier molecular flexibility index (Phi) is 3.88. The molecule has 1 saturated carbocycles. The van der Waals surface area contributed by atoms with Crippen molar-refractivity contribution in [3.05, 3.63) is 45.9 Å². The second-order valence-corrected chi connectivity index (χ2v) is 5.67. The van der Waals surface area contributed by atoms with Gasteiger partial charge in [-0.05, 0) is 37.8 Å². The molecule has 1 aliphatic carbocycles. The van der Waals surface area contributed by atoms with Crippen LogP contribution in [0.4, 0.5) is 0 Å². The second-order valence-electron chi connectivity index (χ2n) is 5.67. The lowest BCUT2D eigenvalue weighted by atomic mass is 10.0. The first-order valence-electron chi connectivity index (χ1n) is 7.65. The smallest absolute Gasteiger partial charge is 0.347 e. The van der Waals surface area contributed by atoms with E-state index in [0.29, 0.717) is 23.4 Å². The van der Waals surface area contributed by atoms with Gasteiger partial charge in [0, 0.05) is 11.8 Å². The quantitative estimate of drug-likeness (QED) is 0.862. The predicted molar refractivity (Wildman–Crippen MR) is 82.3 cm³/mol. The van der Waals surface area contributed by atoms with Crippen LogP contribution in [-0.4, -0.2) is 22.1 Å². The second kappa shape index (κ2) is 5.83. The molecule has 0 aromatic carbocycles. The summed E-state index contributed by atoms with van der Waals surface area (Å²) in [6, 6.07) is 5.34. The summed E-state index contributed by atoms with van der Waals surface area (Å²) >= 11 is 0. The molecule has 2 aromatic rings. The van der Waals surface area contributed by atoms with E-state index in [9.17, 15) is 14.7 Å². The molecule has 1 aliphatic rings. The topological polar surface area (TPSA) is 68.0 Å². The highest BCUT2D eigenvalue weighted by Crippen LogP contribution is 2.35.